The third kappa shape index (κ3) is 4.88. The first kappa shape index (κ1) is 23.4. The second kappa shape index (κ2) is 10.1. The molecule has 1 N–H and O–H groups in total. The minimum absolute atomic E-state index is 0.117. The number of nitrogens with one attached hydrogen (secondary N) is 1. The van der Waals surface area contributed by atoms with Crippen LogP contribution in [-0.4, -0.2) is 29.9 Å². The van der Waals surface area contributed by atoms with Crippen LogP contribution in [0.25, 0.3) is 11.1 Å². The van der Waals surface area contributed by atoms with Crippen LogP contribution in [0.2, 0.25) is 10.0 Å². The van der Waals surface area contributed by atoms with Gasteiger partial charge in [-0.15, -0.1) is 0 Å². The number of rotatable bonds is 6. The lowest BCUT2D eigenvalue weighted by atomic mass is 9.74. The van der Waals surface area contributed by atoms with Crippen molar-refractivity contribution in [1.29, 1.82) is 0 Å². The Bertz CT molecular complexity index is 1160. The van der Waals surface area contributed by atoms with Crippen LogP contribution >= 0.6 is 23.2 Å². The first-order chi connectivity index (χ1) is 16.5. The largest absolute Gasteiger partial charge is 0.335 e. The molecule has 1 amide bonds. The van der Waals surface area contributed by atoms with Gasteiger partial charge in [0.25, 0.3) is 0 Å². The highest BCUT2D eigenvalue weighted by Crippen LogP contribution is 2.40. The summed E-state index contributed by atoms with van der Waals surface area (Å²) >= 11 is 12.8. The highest BCUT2D eigenvalue weighted by atomic mass is 35.5. The summed E-state index contributed by atoms with van der Waals surface area (Å²) in [5, 5.41) is 4.59. The van der Waals surface area contributed by atoms with E-state index in [0.29, 0.717) is 29.1 Å². The van der Waals surface area contributed by atoms with Gasteiger partial charge in [-0.25, -0.2) is 0 Å². The maximum absolute atomic E-state index is 14.1. The van der Waals surface area contributed by atoms with Crippen molar-refractivity contribution in [2.75, 3.05) is 13.1 Å². The van der Waals surface area contributed by atoms with E-state index in [1.165, 1.54) is 16.7 Å². The monoisotopic (exact) mass is 492 g/mol. The molecule has 5 rings (SSSR count). The van der Waals surface area contributed by atoms with Gasteiger partial charge in [0.05, 0.1) is 16.0 Å². The van der Waals surface area contributed by atoms with Crippen LogP contribution in [0.4, 0.5) is 0 Å². The zero-order valence-electron chi connectivity index (χ0n) is 19.4. The lowest BCUT2D eigenvalue weighted by Crippen LogP contribution is -2.49. The smallest absolute Gasteiger partial charge is 0.228 e. The third-order valence-electron chi connectivity index (χ3n) is 7.22. The van der Waals surface area contributed by atoms with Crippen LogP contribution in [0.3, 0.4) is 0 Å². The van der Waals surface area contributed by atoms with Crippen molar-refractivity contribution in [3.8, 4) is 11.1 Å². The first-order valence-corrected chi connectivity index (χ1v) is 12.9. The van der Waals surface area contributed by atoms with E-state index >= 15 is 0 Å². The highest BCUT2D eigenvalue weighted by molar-refractivity contribution is 6.42. The molecule has 176 valence electrons. The molecule has 3 nitrogen and oxygen atoms in total. The molecular formula is C29H30Cl2N2O. The summed E-state index contributed by atoms with van der Waals surface area (Å²) in [4.78, 5) is 16.1. The van der Waals surface area contributed by atoms with Crippen molar-refractivity contribution in [3.63, 3.8) is 0 Å². The second-order valence-electron chi connectivity index (χ2n) is 9.67. The predicted molar refractivity (Wildman–Crippen MR) is 140 cm³/mol. The summed E-state index contributed by atoms with van der Waals surface area (Å²) in [6.07, 6.45) is 2.10. The van der Waals surface area contributed by atoms with Crippen molar-refractivity contribution in [3.05, 3.63) is 94.0 Å². The van der Waals surface area contributed by atoms with E-state index in [1.54, 1.807) is 6.07 Å². The van der Waals surface area contributed by atoms with Gasteiger partial charge >= 0.3 is 0 Å². The first-order valence-electron chi connectivity index (χ1n) is 12.1. The molecule has 2 aliphatic rings. The molecule has 1 aliphatic carbocycles. The van der Waals surface area contributed by atoms with Gasteiger partial charge in [0.15, 0.2) is 0 Å². The van der Waals surface area contributed by atoms with Gasteiger partial charge in [-0.2, -0.15) is 0 Å². The second-order valence-corrected chi connectivity index (χ2v) is 10.5. The van der Waals surface area contributed by atoms with E-state index in [2.05, 4.69) is 65.7 Å². The molecule has 1 heterocycles. The molecule has 3 aromatic carbocycles. The molecule has 0 radical (unpaired) electrons. The van der Waals surface area contributed by atoms with E-state index in [0.717, 1.165) is 24.9 Å². The van der Waals surface area contributed by atoms with Gasteiger partial charge in [0.1, 0.15) is 0 Å². The minimum Gasteiger partial charge on any atom is -0.335 e. The van der Waals surface area contributed by atoms with Crippen LogP contribution in [0.15, 0.2) is 72.8 Å². The summed E-state index contributed by atoms with van der Waals surface area (Å²) in [7, 11) is 0. The summed E-state index contributed by atoms with van der Waals surface area (Å²) < 4.78 is 0. The molecule has 2 fully saturated rings. The predicted octanol–water partition coefficient (Wildman–Crippen LogP) is 6.79. The van der Waals surface area contributed by atoms with Crippen molar-refractivity contribution in [1.82, 2.24) is 10.2 Å². The van der Waals surface area contributed by atoms with Crippen LogP contribution < -0.4 is 5.32 Å². The molecule has 0 bridgehead atoms. The average Bonchev–Trinajstić information content (AvgIpc) is 3.70. The molecule has 1 saturated carbocycles. The maximum atomic E-state index is 14.1. The van der Waals surface area contributed by atoms with Crippen molar-refractivity contribution >= 4 is 29.1 Å². The standard InChI is InChI=1S/C29H30Cl2N2O/c1-19-16-32-17-25(27(19)22-10-5-9-21(15-22)20-7-3-2-4-8-20)29(34)33(24-13-14-24)18-23-11-6-12-26(30)28(23)31/h2-12,15,19,24-25,27,32H,13-14,16-18H2,1H3/t19?,25-,27+/m0/s1. The van der Waals surface area contributed by atoms with E-state index in [9.17, 15) is 4.79 Å². The van der Waals surface area contributed by atoms with Crippen molar-refractivity contribution < 1.29 is 4.79 Å². The normalized spacial score (nSPS) is 22.4. The quantitative estimate of drug-likeness (QED) is 0.410. The zero-order chi connectivity index (χ0) is 23.7. The molecular weight excluding hydrogens is 463 g/mol. The topological polar surface area (TPSA) is 32.3 Å². The number of piperidine rings is 1. The zero-order valence-corrected chi connectivity index (χ0v) is 20.9. The molecule has 0 spiro atoms. The van der Waals surface area contributed by atoms with Crippen LogP contribution in [-0.2, 0) is 11.3 Å². The fraction of sp³-hybridized carbons (Fsp3) is 0.345. The van der Waals surface area contributed by atoms with E-state index in [1.807, 2.05) is 18.2 Å². The minimum atomic E-state index is -0.117. The number of hydrogen-bond donors (Lipinski definition) is 1. The number of benzene rings is 3. The Morgan fingerprint density at radius 3 is 2.44 bits per heavy atom. The van der Waals surface area contributed by atoms with Crippen molar-refractivity contribution in [2.24, 2.45) is 11.8 Å². The fourth-order valence-electron chi connectivity index (χ4n) is 5.32. The number of nitrogens with zero attached hydrogens (tertiary/aromatic N) is 1. The summed E-state index contributed by atoms with van der Waals surface area (Å²) in [5.74, 6) is 0.610. The Morgan fingerprint density at radius 2 is 1.68 bits per heavy atom. The molecule has 5 heteroatoms. The van der Waals surface area contributed by atoms with Gasteiger partial charge in [0.2, 0.25) is 5.91 Å². The fourth-order valence-corrected chi connectivity index (χ4v) is 5.70. The summed E-state index contributed by atoms with van der Waals surface area (Å²) in [6.45, 7) is 4.36. The van der Waals surface area contributed by atoms with Crippen molar-refractivity contribution in [2.45, 2.75) is 38.3 Å². The Balaban J connectivity index is 1.45. The van der Waals surface area contributed by atoms with Crippen LogP contribution in [0.5, 0.6) is 0 Å². The van der Waals surface area contributed by atoms with Gasteiger partial charge in [0, 0.05) is 25.0 Å². The molecule has 1 saturated heterocycles. The number of carbonyl (C=O) groups is 1. The van der Waals surface area contributed by atoms with Gasteiger partial charge in [-0.05, 0) is 53.6 Å². The molecule has 1 aliphatic heterocycles. The Kier molecular flexibility index (Phi) is 6.96. The summed E-state index contributed by atoms with van der Waals surface area (Å²) in [5.41, 5.74) is 4.54. The Morgan fingerprint density at radius 1 is 0.941 bits per heavy atom. The lowest BCUT2D eigenvalue weighted by Gasteiger charge is -2.39. The number of carbonyl (C=O) groups excluding carboxylic acids is 1. The maximum Gasteiger partial charge on any atom is 0.228 e. The van der Waals surface area contributed by atoms with Crippen LogP contribution in [0, 0.1) is 11.8 Å². The van der Waals surface area contributed by atoms with Gasteiger partial charge < -0.3 is 10.2 Å². The average molecular weight is 493 g/mol. The molecule has 34 heavy (non-hydrogen) atoms. The van der Waals surface area contributed by atoms with E-state index in [4.69, 9.17) is 23.2 Å². The van der Waals surface area contributed by atoms with Gasteiger partial charge in [-0.1, -0.05) is 96.9 Å². The Hall–Kier alpha value is -2.33. The van der Waals surface area contributed by atoms with Crippen LogP contribution in [0.1, 0.15) is 36.8 Å². The SMILES string of the molecule is CC1CNC[C@H](C(=O)N(Cc2cccc(Cl)c2Cl)C2CC2)[C@H]1c1cccc(-c2ccccc2)c1. The lowest BCUT2D eigenvalue weighted by molar-refractivity contribution is -0.138. The Labute approximate surface area is 212 Å². The molecule has 1 unspecified atom stereocenters. The molecule has 0 aromatic heterocycles. The van der Waals surface area contributed by atoms with E-state index in [-0.39, 0.29) is 23.8 Å². The summed E-state index contributed by atoms with van der Waals surface area (Å²) in [6, 6.07) is 25.1. The molecule has 3 atom stereocenters. The number of hydrogen-bond acceptors (Lipinski definition) is 2. The number of halogens is 2. The third-order valence-corrected chi connectivity index (χ3v) is 8.07. The van der Waals surface area contributed by atoms with E-state index < -0.39 is 0 Å². The van der Waals surface area contributed by atoms with Gasteiger partial charge in [-0.3, -0.25) is 4.79 Å². The number of amides is 1. The highest BCUT2D eigenvalue weighted by Gasteiger charge is 2.42. The molecule has 3 aromatic rings.